The maximum absolute atomic E-state index is 11.8. The number of aryl methyl sites for hydroxylation is 2. The average Bonchev–Trinajstić information content (AvgIpc) is 2.77. The molecule has 108 valence electrons. The van der Waals surface area contributed by atoms with Crippen LogP contribution in [0.1, 0.15) is 45.1 Å². The number of nitrogens with one attached hydrogen (secondary N) is 2. The van der Waals surface area contributed by atoms with Crippen LogP contribution in [-0.4, -0.2) is 28.4 Å². The second-order valence-electron chi connectivity index (χ2n) is 4.65. The minimum Gasteiger partial charge on any atom is -0.388 e. The molecular weight excluding hydrogens is 246 g/mol. The monoisotopic (exact) mass is 269 g/mol. The van der Waals surface area contributed by atoms with Gasteiger partial charge in [0.1, 0.15) is 11.4 Å². The van der Waals surface area contributed by atoms with Gasteiger partial charge in [0.05, 0.1) is 5.60 Å². The van der Waals surface area contributed by atoms with Crippen LogP contribution >= 0.6 is 0 Å². The van der Waals surface area contributed by atoms with Gasteiger partial charge in [-0.15, -0.1) is 0 Å². The molecule has 1 aromatic rings. The zero-order valence-electron chi connectivity index (χ0n) is 12.0. The molecule has 0 unspecified atom stereocenters. The molecule has 0 radical (unpaired) electrons. The van der Waals surface area contributed by atoms with Crippen LogP contribution in [-0.2, 0) is 6.42 Å². The fraction of sp³-hybridized carbons (Fsp3) is 0.692. The Morgan fingerprint density at radius 1 is 1.37 bits per heavy atom. The van der Waals surface area contributed by atoms with E-state index in [9.17, 15) is 9.90 Å². The Morgan fingerprint density at radius 3 is 2.53 bits per heavy atom. The van der Waals surface area contributed by atoms with E-state index in [1.165, 1.54) is 0 Å². The maximum atomic E-state index is 11.8. The Kier molecular flexibility index (Phi) is 5.35. The highest BCUT2D eigenvalue weighted by molar-refractivity contribution is 5.90. The summed E-state index contributed by atoms with van der Waals surface area (Å²) in [6.45, 7) is 7.69. The molecule has 0 saturated heterocycles. The number of carbonyl (C=O) groups excluding carboxylic acids is 1. The quantitative estimate of drug-likeness (QED) is 0.739. The van der Waals surface area contributed by atoms with Gasteiger partial charge in [-0.1, -0.05) is 25.9 Å². The molecule has 0 atom stereocenters. The normalized spacial score (nSPS) is 11.4. The van der Waals surface area contributed by atoms with Crippen molar-refractivity contribution in [1.82, 2.24) is 10.5 Å². The summed E-state index contributed by atoms with van der Waals surface area (Å²) in [5.74, 6) is 0.577. The van der Waals surface area contributed by atoms with Crippen LogP contribution in [0.15, 0.2) is 4.52 Å². The first-order valence-electron chi connectivity index (χ1n) is 6.68. The fourth-order valence-electron chi connectivity index (χ4n) is 1.72. The molecule has 1 aromatic heterocycles. The van der Waals surface area contributed by atoms with Gasteiger partial charge in [-0.2, -0.15) is 0 Å². The molecule has 3 N–H and O–H groups in total. The lowest BCUT2D eigenvalue weighted by Crippen LogP contribution is -2.43. The van der Waals surface area contributed by atoms with Gasteiger partial charge in [0.2, 0.25) is 0 Å². The molecule has 2 amide bonds. The summed E-state index contributed by atoms with van der Waals surface area (Å²) >= 11 is 0. The number of carbonyl (C=O) groups is 1. The van der Waals surface area contributed by atoms with Gasteiger partial charge in [0, 0.05) is 6.54 Å². The summed E-state index contributed by atoms with van der Waals surface area (Å²) in [5.41, 5.74) is 0.472. The number of anilines is 1. The molecule has 0 saturated carbocycles. The Labute approximate surface area is 113 Å². The standard InChI is InChI=1S/C13H23N3O3/c1-5-10-11(9(4)19-16-10)15-12(17)14-8-13(18,6-2)7-3/h18H,5-8H2,1-4H3,(H2,14,15,17). The topological polar surface area (TPSA) is 87.4 Å². The molecule has 0 aliphatic rings. The van der Waals surface area contributed by atoms with E-state index in [1.807, 2.05) is 20.8 Å². The molecule has 0 aliphatic carbocycles. The largest absolute Gasteiger partial charge is 0.388 e. The number of hydrogen-bond acceptors (Lipinski definition) is 4. The van der Waals surface area contributed by atoms with Crippen LogP contribution in [0, 0.1) is 6.92 Å². The fourth-order valence-corrected chi connectivity index (χ4v) is 1.72. The van der Waals surface area contributed by atoms with Crippen molar-refractivity contribution < 1.29 is 14.4 Å². The van der Waals surface area contributed by atoms with E-state index in [0.717, 1.165) is 0 Å². The van der Waals surface area contributed by atoms with Crippen LogP contribution in [0.3, 0.4) is 0 Å². The molecule has 0 fully saturated rings. The van der Waals surface area contributed by atoms with Gasteiger partial charge >= 0.3 is 6.03 Å². The minimum absolute atomic E-state index is 0.220. The van der Waals surface area contributed by atoms with E-state index in [4.69, 9.17) is 4.52 Å². The third kappa shape index (κ3) is 3.96. The maximum Gasteiger partial charge on any atom is 0.319 e. The van der Waals surface area contributed by atoms with E-state index < -0.39 is 5.60 Å². The number of hydrogen-bond donors (Lipinski definition) is 3. The van der Waals surface area contributed by atoms with Gasteiger partial charge in [-0.25, -0.2) is 4.79 Å². The van der Waals surface area contributed by atoms with Crippen molar-refractivity contribution in [2.24, 2.45) is 0 Å². The van der Waals surface area contributed by atoms with Gasteiger partial charge in [-0.05, 0) is 26.2 Å². The first kappa shape index (κ1) is 15.5. The van der Waals surface area contributed by atoms with Gasteiger partial charge in [-0.3, -0.25) is 0 Å². The minimum atomic E-state index is -0.853. The number of aliphatic hydroxyl groups is 1. The van der Waals surface area contributed by atoms with Gasteiger partial charge in [0.15, 0.2) is 5.76 Å². The zero-order valence-corrected chi connectivity index (χ0v) is 12.0. The van der Waals surface area contributed by atoms with E-state index in [0.29, 0.717) is 36.4 Å². The lowest BCUT2D eigenvalue weighted by atomic mass is 9.98. The molecule has 19 heavy (non-hydrogen) atoms. The predicted molar refractivity (Wildman–Crippen MR) is 73.2 cm³/mol. The Balaban J connectivity index is 2.58. The van der Waals surface area contributed by atoms with Crippen LogP contribution in [0.4, 0.5) is 10.5 Å². The lowest BCUT2D eigenvalue weighted by Gasteiger charge is -2.25. The second kappa shape index (κ2) is 6.56. The van der Waals surface area contributed by atoms with E-state index in [-0.39, 0.29) is 12.6 Å². The SMILES string of the molecule is CCc1noc(C)c1NC(=O)NCC(O)(CC)CC. The van der Waals surface area contributed by atoms with Crippen molar-refractivity contribution in [3.05, 3.63) is 11.5 Å². The Morgan fingerprint density at radius 2 is 2.00 bits per heavy atom. The Bertz CT molecular complexity index is 425. The zero-order chi connectivity index (χ0) is 14.5. The smallest absolute Gasteiger partial charge is 0.319 e. The summed E-state index contributed by atoms with van der Waals surface area (Å²) in [6, 6.07) is -0.360. The van der Waals surface area contributed by atoms with E-state index in [2.05, 4.69) is 15.8 Å². The number of rotatable bonds is 6. The van der Waals surface area contributed by atoms with Crippen LogP contribution in [0.2, 0.25) is 0 Å². The number of nitrogens with zero attached hydrogens (tertiary/aromatic N) is 1. The number of aromatic nitrogens is 1. The van der Waals surface area contributed by atoms with Gasteiger partial charge < -0.3 is 20.3 Å². The molecule has 1 heterocycles. The van der Waals surface area contributed by atoms with Crippen molar-refractivity contribution in [3.8, 4) is 0 Å². The summed E-state index contributed by atoms with van der Waals surface area (Å²) in [6.07, 6.45) is 1.87. The van der Waals surface area contributed by atoms with Crippen molar-refractivity contribution in [2.45, 2.75) is 52.6 Å². The molecular formula is C13H23N3O3. The van der Waals surface area contributed by atoms with Crippen LogP contribution < -0.4 is 10.6 Å². The highest BCUT2D eigenvalue weighted by atomic mass is 16.5. The third-order valence-electron chi connectivity index (χ3n) is 3.40. The summed E-state index contributed by atoms with van der Waals surface area (Å²) in [5, 5.41) is 19.3. The van der Waals surface area contributed by atoms with Crippen molar-refractivity contribution in [1.29, 1.82) is 0 Å². The average molecular weight is 269 g/mol. The van der Waals surface area contributed by atoms with Crippen LogP contribution in [0.25, 0.3) is 0 Å². The number of amides is 2. The summed E-state index contributed by atoms with van der Waals surface area (Å²) in [7, 11) is 0. The van der Waals surface area contributed by atoms with Gasteiger partial charge in [0.25, 0.3) is 0 Å². The second-order valence-corrected chi connectivity index (χ2v) is 4.65. The Hall–Kier alpha value is -1.56. The molecule has 1 rings (SSSR count). The summed E-state index contributed by atoms with van der Waals surface area (Å²) < 4.78 is 5.03. The number of urea groups is 1. The van der Waals surface area contributed by atoms with Crippen molar-refractivity contribution >= 4 is 11.7 Å². The van der Waals surface area contributed by atoms with Crippen molar-refractivity contribution in [3.63, 3.8) is 0 Å². The summed E-state index contributed by atoms with van der Waals surface area (Å²) in [4.78, 5) is 11.8. The molecule has 0 bridgehead atoms. The first-order valence-corrected chi connectivity index (χ1v) is 6.68. The highest BCUT2D eigenvalue weighted by Gasteiger charge is 2.23. The third-order valence-corrected chi connectivity index (χ3v) is 3.40. The predicted octanol–water partition coefficient (Wildman–Crippen LogP) is 2.22. The van der Waals surface area contributed by atoms with E-state index >= 15 is 0 Å². The molecule has 6 nitrogen and oxygen atoms in total. The molecule has 0 aliphatic heterocycles. The highest BCUT2D eigenvalue weighted by Crippen LogP contribution is 2.20. The molecule has 0 aromatic carbocycles. The molecule has 6 heteroatoms. The van der Waals surface area contributed by atoms with E-state index in [1.54, 1.807) is 6.92 Å². The lowest BCUT2D eigenvalue weighted by molar-refractivity contribution is 0.0354. The first-order chi connectivity index (χ1) is 8.95. The van der Waals surface area contributed by atoms with Crippen molar-refractivity contribution in [2.75, 3.05) is 11.9 Å². The van der Waals surface area contributed by atoms with Crippen LogP contribution in [0.5, 0.6) is 0 Å². The molecule has 0 spiro atoms.